The molecule has 21 heavy (non-hydrogen) atoms. The van der Waals surface area contributed by atoms with E-state index in [9.17, 15) is 18.3 Å². The second-order valence-corrected chi connectivity index (χ2v) is 6.74. The molecule has 2 aromatic rings. The summed E-state index contributed by atoms with van der Waals surface area (Å²) in [7, 11) is -3.74. The highest BCUT2D eigenvalue weighted by Gasteiger charge is 2.19. The van der Waals surface area contributed by atoms with Gasteiger partial charge in [-0.3, -0.25) is 4.79 Å². The summed E-state index contributed by atoms with van der Waals surface area (Å²) in [6.07, 6.45) is 0. The summed E-state index contributed by atoms with van der Waals surface area (Å²) in [5, 5.41) is 12.1. The minimum Gasteiger partial charge on any atom is -0.508 e. The molecule has 0 radical (unpaired) electrons. The van der Waals surface area contributed by atoms with Gasteiger partial charge in [0.15, 0.2) is 9.84 Å². The van der Waals surface area contributed by atoms with E-state index in [1.165, 1.54) is 36.4 Å². The standard InChI is InChI=1S/C14H12ClNO4S/c15-10-4-6-13(7-5-10)21(19,20)9-14(18)16-11-2-1-3-12(17)8-11/h1-8,17H,9H2,(H,16,18). The van der Waals surface area contributed by atoms with Gasteiger partial charge in [0.1, 0.15) is 11.5 Å². The summed E-state index contributed by atoms with van der Waals surface area (Å²) in [5.41, 5.74) is 0.325. The van der Waals surface area contributed by atoms with Crippen molar-refractivity contribution in [2.24, 2.45) is 0 Å². The first-order valence-corrected chi connectivity index (χ1v) is 7.97. The number of halogens is 1. The van der Waals surface area contributed by atoms with Crippen LogP contribution in [0, 0.1) is 0 Å². The number of hydrogen-bond acceptors (Lipinski definition) is 4. The summed E-state index contributed by atoms with van der Waals surface area (Å²) >= 11 is 5.69. The zero-order valence-electron chi connectivity index (χ0n) is 10.8. The van der Waals surface area contributed by atoms with Gasteiger partial charge in [-0.25, -0.2) is 8.42 Å². The normalized spacial score (nSPS) is 11.1. The van der Waals surface area contributed by atoms with Crippen molar-refractivity contribution in [3.8, 4) is 5.75 Å². The summed E-state index contributed by atoms with van der Waals surface area (Å²) in [6, 6.07) is 11.4. The van der Waals surface area contributed by atoms with Gasteiger partial charge in [-0.2, -0.15) is 0 Å². The number of amides is 1. The first-order valence-electron chi connectivity index (χ1n) is 5.94. The Morgan fingerprint density at radius 1 is 1.14 bits per heavy atom. The van der Waals surface area contributed by atoms with Crippen molar-refractivity contribution in [1.29, 1.82) is 0 Å². The molecule has 1 amide bonds. The molecular formula is C14H12ClNO4S. The predicted octanol–water partition coefficient (Wildman–Crippen LogP) is 2.46. The lowest BCUT2D eigenvalue weighted by Crippen LogP contribution is -2.22. The number of carbonyl (C=O) groups is 1. The molecule has 0 unspecified atom stereocenters. The van der Waals surface area contributed by atoms with Crippen LogP contribution in [0.15, 0.2) is 53.4 Å². The first-order chi connectivity index (χ1) is 9.87. The molecule has 0 spiro atoms. The zero-order chi connectivity index (χ0) is 15.5. The molecule has 0 bridgehead atoms. The van der Waals surface area contributed by atoms with Crippen LogP contribution in [0.1, 0.15) is 0 Å². The molecule has 5 nitrogen and oxygen atoms in total. The lowest BCUT2D eigenvalue weighted by atomic mass is 10.3. The third kappa shape index (κ3) is 4.21. The van der Waals surface area contributed by atoms with E-state index in [0.29, 0.717) is 10.7 Å². The molecule has 0 aliphatic carbocycles. The maximum atomic E-state index is 12.1. The van der Waals surface area contributed by atoms with Crippen molar-refractivity contribution in [3.63, 3.8) is 0 Å². The number of aromatic hydroxyl groups is 1. The molecular weight excluding hydrogens is 314 g/mol. The number of benzene rings is 2. The molecule has 110 valence electrons. The Bertz CT molecular complexity index is 757. The highest BCUT2D eigenvalue weighted by molar-refractivity contribution is 7.92. The molecule has 0 atom stereocenters. The molecule has 0 aliphatic rings. The van der Waals surface area contributed by atoms with E-state index in [4.69, 9.17) is 11.6 Å². The highest BCUT2D eigenvalue weighted by Crippen LogP contribution is 2.17. The van der Waals surface area contributed by atoms with E-state index in [1.54, 1.807) is 12.1 Å². The molecule has 0 saturated heterocycles. The minimum absolute atomic E-state index is 0.0200. The van der Waals surface area contributed by atoms with E-state index in [2.05, 4.69) is 5.32 Å². The van der Waals surface area contributed by atoms with Crippen LogP contribution >= 0.6 is 11.6 Å². The van der Waals surface area contributed by atoms with Gasteiger partial charge in [0.2, 0.25) is 5.91 Å². The SMILES string of the molecule is O=C(CS(=O)(=O)c1ccc(Cl)cc1)Nc1cccc(O)c1. The van der Waals surface area contributed by atoms with Crippen molar-refractivity contribution in [2.75, 3.05) is 11.1 Å². The van der Waals surface area contributed by atoms with E-state index in [0.717, 1.165) is 0 Å². The lowest BCUT2D eigenvalue weighted by molar-refractivity contribution is -0.113. The molecule has 2 N–H and O–H groups in total. The van der Waals surface area contributed by atoms with Gasteiger partial charge in [0.05, 0.1) is 4.90 Å². The lowest BCUT2D eigenvalue weighted by Gasteiger charge is -2.07. The molecule has 2 rings (SSSR count). The fraction of sp³-hybridized carbons (Fsp3) is 0.0714. The highest BCUT2D eigenvalue weighted by atomic mass is 35.5. The Morgan fingerprint density at radius 2 is 1.81 bits per heavy atom. The number of rotatable bonds is 4. The topological polar surface area (TPSA) is 83.5 Å². The van der Waals surface area contributed by atoms with Crippen LogP contribution in [0.3, 0.4) is 0 Å². The Labute approximate surface area is 127 Å². The number of anilines is 1. The molecule has 0 fully saturated rings. The van der Waals surface area contributed by atoms with Crippen LogP contribution in [-0.4, -0.2) is 25.2 Å². The maximum Gasteiger partial charge on any atom is 0.239 e. The Kier molecular flexibility index (Phi) is 4.50. The average Bonchev–Trinajstić information content (AvgIpc) is 2.38. The van der Waals surface area contributed by atoms with E-state index in [1.807, 2.05) is 0 Å². The van der Waals surface area contributed by atoms with Crippen LogP contribution in [-0.2, 0) is 14.6 Å². The second kappa shape index (κ2) is 6.15. The zero-order valence-corrected chi connectivity index (χ0v) is 12.4. The third-order valence-electron chi connectivity index (χ3n) is 2.62. The van der Waals surface area contributed by atoms with Crippen LogP contribution in [0.25, 0.3) is 0 Å². The molecule has 0 saturated carbocycles. The second-order valence-electron chi connectivity index (χ2n) is 4.31. The van der Waals surface area contributed by atoms with Crippen molar-refractivity contribution < 1.29 is 18.3 Å². The van der Waals surface area contributed by atoms with Crippen molar-refractivity contribution >= 4 is 33.0 Å². The number of sulfone groups is 1. The largest absolute Gasteiger partial charge is 0.508 e. The minimum atomic E-state index is -3.74. The summed E-state index contributed by atoms with van der Waals surface area (Å²) in [4.78, 5) is 11.8. The fourth-order valence-corrected chi connectivity index (χ4v) is 2.94. The van der Waals surface area contributed by atoms with Crippen molar-refractivity contribution in [2.45, 2.75) is 4.90 Å². The van der Waals surface area contributed by atoms with E-state index in [-0.39, 0.29) is 10.6 Å². The average molecular weight is 326 g/mol. The van der Waals surface area contributed by atoms with Crippen LogP contribution in [0.2, 0.25) is 5.02 Å². The van der Waals surface area contributed by atoms with E-state index < -0.39 is 21.5 Å². The van der Waals surface area contributed by atoms with Crippen molar-refractivity contribution in [1.82, 2.24) is 0 Å². The Balaban J connectivity index is 2.09. The molecule has 7 heteroatoms. The maximum absolute atomic E-state index is 12.1. The summed E-state index contributed by atoms with van der Waals surface area (Å²) < 4.78 is 24.1. The number of hydrogen-bond donors (Lipinski definition) is 2. The van der Waals surface area contributed by atoms with Crippen LogP contribution < -0.4 is 5.32 Å². The van der Waals surface area contributed by atoms with Crippen LogP contribution in [0.4, 0.5) is 5.69 Å². The van der Waals surface area contributed by atoms with Gasteiger partial charge in [0.25, 0.3) is 0 Å². The monoisotopic (exact) mass is 325 g/mol. The summed E-state index contributed by atoms with van der Waals surface area (Å²) in [6.45, 7) is 0. The smallest absolute Gasteiger partial charge is 0.239 e. The Morgan fingerprint density at radius 3 is 2.43 bits per heavy atom. The number of carbonyl (C=O) groups excluding carboxylic acids is 1. The Hall–Kier alpha value is -2.05. The molecule has 0 heterocycles. The van der Waals surface area contributed by atoms with Crippen LogP contribution in [0.5, 0.6) is 5.75 Å². The van der Waals surface area contributed by atoms with Gasteiger partial charge in [-0.05, 0) is 36.4 Å². The van der Waals surface area contributed by atoms with Gasteiger partial charge in [-0.1, -0.05) is 17.7 Å². The first kappa shape index (κ1) is 15.3. The van der Waals surface area contributed by atoms with E-state index >= 15 is 0 Å². The number of phenolic OH excluding ortho intramolecular Hbond substituents is 1. The van der Waals surface area contributed by atoms with Gasteiger partial charge in [0, 0.05) is 16.8 Å². The summed E-state index contributed by atoms with van der Waals surface area (Å²) in [5.74, 6) is -1.39. The number of phenols is 1. The quantitative estimate of drug-likeness (QED) is 0.904. The third-order valence-corrected chi connectivity index (χ3v) is 4.51. The molecule has 2 aromatic carbocycles. The fourth-order valence-electron chi connectivity index (χ4n) is 1.68. The number of nitrogens with one attached hydrogen (secondary N) is 1. The van der Waals surface area contributed by atoms with Gasteiger partial charge >= 0.3 is 0 Å². The molecule has 0 aromatic heterocycles. The van der Waals surface area contributed by atoms with Gasteiger partial charge < -0.3 is 10.4 Å². The van der Waals surface area contributed by atoms with Gasteiger partial charge in [-0.15, -0.1) is 0 Å². The predicted molar refractivity (Wildman–Crippen MR) is 80.2 cm³/mol. The molecule has 0 aliphatic heterocycles. The van der Waals surface area contributed by atoms with Crippen molar-refractivity contribution in [3.05, 3.63) is 53.6 Å².